The molecule has 0 aromatic carbocycles. The molecule has 0 amide bonds. The highest BCUT2D eigenvalue weighted by atomic mass is 32.2. The molecule has 0 radical (unpaired) electrons. The van der Waals surface area contributed by atoms with Crippen molar-refractivity contribution < 1.29 is 0 Å². The van der Waals surface area contributed by atoms with E-state index in [4.69, 9.17) is 0 Å². The van der Waals surface area contributed by atoms with E-state index in [0.717, 1.165) is 19.5 Å². The summed E-state index contributed by atoms with van der Waals surface area (Å²) in [5.41, 5.74) is -0.0821. The number of anilines is 1. The van der Waals surface area contributed by atoms with Crippen molar-refractivity contribution in [2.45, 2.75) is 37.8 Å². The van der Waals surface area contributed by atoms with Crippen LogP contribution in [-0.4, -0.2) is 46.6 Å². The van der Waals surface area contributed by atoms with Crippen molar-refractivity contribution in [1.82, 2.24) is 15.3 Å². The van der Waals surface area contributed by atoms with Crippen LogP contribution in [0.15, 0.2) is 17.2 Å². The van der Waals surface area contributed by atoms with E-state index in [1.807, 2.05) is 11.8 Å². The van der Waals surface area contributed by atoms with Gasteiger partial charge in [0, 0.05) is 43.3 Å². The molecule has 1 aromatic rings. The molecule has 2 fully saturated rings. The number of H-pyrrole nitrogens is 1. The van der Waals surface area contributed by atoms with Crippen molar-refractivity contribution in [3.8, 4) is 0 Å². The summed E-state index contributed by atoms with van der Waals surface area (Å²) in [6, 6.07) is 1.12. The summed E-state index contributed by atoms with van der Waals surface area (Å²) in [6.45, 7) is 1.82. The van der Waals surface area contributed by atoms with E-state index in [0.29, 0.717) is 17.9 Å². The fourth-order valence-electron chi connectivity index (χ4n) is 3.08. The highest BCUT2D eigenvalue weighted by molar-refractivity contribution is 7.99. The Kier molecular flexibility index (Phi) is 4.62. The first-order valence-electron chi connectivity index (χ1n) is 7.45. The third kappa shape index (κ3) is 3.35. The van der Waals surface area contributed by atoms with Crippen molar-refractivity contribution in [1.29, 1.82) is 0 Å². The molecule has 2 aliphatic rings. The van der Waals surface area contributed by atoms with Gasteiger partial charge in [0.15, 0.2) is 5.82 Å². The van der Waals surface area contributed by atoms with E-state index in [1.54, 1.807) is 12.4 Å². The van der Waals surface area contributed by atoms with Gasteiger partial charge in [-0.15, -0.1) is 0 Å². The molecule has 2 atom stereocenters. The van der Waals surface area contributed by atoms with Crippen LogP contribution in [-0.2, 0) is 0 Å². The van der Waals surface area contributed by atoms with E-state index >= 15 is 0 Å². The van der Waals surface area contributed by atoms with Crippen LogP contribution in [0.3, 0.4) is 0 Å². The molecule has 110 valence electrons. The van der Waals surface area contributed by atoms with E-state index in [1.165, 1.54) is 30.8 Å². The molecule has 0 bridgehead atoms. The fourth-order valence-corrected chi connectivity index (χ4v) is 4.17. The van der Waals surface area contributed by atoms with Crippen molar-refractivity contribution in [2.75, 3.05) is 29.5 Å². The van der Waals surface area contributed by atoms with Gasteiger partial charge in [-0.3, -0.25) is 4.79 Å². The number of piperidine rings is 1. The van der Waals surface area contributed by atoms with Gasteiger partial charge in [-0.05, 0) is 31.4 Å². The number of aromatic amines is 1. The lowest BCUT2D eigenvalue weighted by Gasteiger charge is -2.36. The largest absolute Gasteiger partial charge is 0.350 e. The number of hydrogen-bond donors (Lipinski definition) is 2. The summed E-state index contributed by atoms with van der Waals surface area (Å²) in [5.74, 6) is 3.09. The second-order valence-electron chi connectivity index (χ2n) is 5.61. The summed E-state index contributed by atoms with van der Waals surface area (Å²) >= 11 is 2.05. The Bertz CT molecular complexity index is 486. The highest BCUT2D eigenvalue weighted by Gasteiger charge is 2.25. The maximum absolute atomic E-state index is 11.8. The standard InChI is InChI=1S/C14H22N4OS/c19-14-13(15-5-6-16-14)18-7-1-3-11(9-18)17-12-4-2-8-20-10-12/h5-6,11-12,17H,1-4,7-10H2,(H,16,19)/t11-,12-/m1/s1. The molecule has 3 heterocycles. The monoisotopic (exact) mass is 294 g/mol. The van der Waals surface area contributed by atoms with E-state index < -0.39 is 0 Å². The molecule has 5 nitrogen and oxygen atoms in total. The minimum Gasteiger partial charge on any atom is -0.350 e. The lowest BCUT2D eigenvalue weighted by molar-refractivity contribution is 0.371. The van der Waals surface area contributed by atoms with Crippen molar-refractivity contribution in [3.63, 3.8) is 0 Å². The first kappa shape index (κ1) is 13.9. The molecule has 1 aromatic heterocycles. The first-order chi connectivity index (χ1) is 9.83. The molecule has 20 heavy (non-hydrogen) atoms. The van der Waals surface area contributed by atoms with Crippen molar-refractivity contribution >= 4 is 17.6 Å². The number of aromatic nitrogens is 2. The molecule has 6 heteroatoms. The summed E-state index contributed by atoms with van der Waals surface area (Å²) in [5, 5.41) is 3.77. The van der Waals surface area contributed by atoms with Crippen molar-refractivity contribution in [2.24, 2.45) is 0 Å². The highest BCUT2D eigenvalue weighted by Crippen LogP contribution is 2.20. The summed E-state index contributed by atoms with van der Waals surface area (Å²) in [7, 11) is 0. The van der Waals surface area contributed by atoms with E-state index in [9.17, 15) is 4.79 Å². The number of rotatable bonds is 3. The smallest absolute Gasteiger partial charge is 0.290 e. The molecule has 2 aliphatic heterocycles. The fraction of sp³-hybridized carbons (Fsp3) is 0.714. The maximum atomic E-state index is 11.8. The summed E-state index contributed by atoms with van der Waals surface area (Å²) in [4.78, 5) is 20.9. The third-order valence-corrected chi connectivity index (χ3v) is 5.26. The topological polar surface area (TPSA) is 61.0 Å². The quantitative estimate of drug-likeness (QED) is 0.878. The molecular weight excluding hydrogens is 272 g/mol. The Morgan fingerprint density at radius 1 is 1.35 bits per heavy atom. The minimum atomic E-state index is -0.0821. The molecule has 0 aliphatic carbocycles. The van der Waals surface area contributed by atoms with Gasteiger partial charge in [0.25, 0.3) is 5.56 Å². The van der Waals surface area contributed by atoms with E-state index in [-0.39, 0.29) is 5.56 Å². The van der Waals surface area contributed by atoms with Crippen LogP contribution >= 0.6 is 11.8 Å². The lowest BCUT2D eigenvalue weighted by Crippen LogP contribution is -2.51. The average Bonchev–Trinajstić information content (AvgIpc) is 2.49. The van der Waals surface area contributed by atoms with Crippen LogP contribution in [0.5, 0.6) is 0 Å². The minimum absolute atomic E-state index is 0.0821. The molecule has 2 saturated heterocycles. The van der Waals surface area contributed by atoms with Crippen LogP contribution in [0, 0.1) is 0 Å². The summed E-state index contributed by atoms with van der Waals surface area (Å²) < 4.78 is 0. The lowest BCUT2D eigenvalue weighted by atomic mass is 10.0. The van der Waals surface area contributed by atoms with Crippen LogP contribution in [0.25, 0.3) is 0 Å². The van der Waals surface area contributed by atoms with Gasteiger partial charge in [-0.2, -0.15) is 11.8 Å². The molecule has 2 N–H and O–H groups in total. The normalized spacial score (nSPS) is 27.5. The molecule has 0 saturated carbocycles. The van der Waals surface area contributed by atoms with Crippen LogP contribution in [0.1, 0.15) is 25.7 Å². The molecular formula is C14H22N4OS. The molecule has 0 spiro atoms. The molecule has 3 rings (SSSR count). The summed E-state index contributed by atoms with van der Waals surface area (Å²) in [6.07, 6.45) is 8.17. The third-order valence-electron chi connectivity index (χ3n) is 4.04. The SMILES string of the molecule is O=c1[nH]ccnc1N1CCC[C@@H](N[C@@H]2CCCSC2)C1. The van der Waals surface area contributed by atoms with E-state index in [2.05, 4.69) is 20.2 Å². The zero-order valence-electron chi connectivity index (χ0n) is 11.7. The zero-order chi connectivity index (χ0) is 13.8. The Morgan fingerprint density at radius 2 is 2.25 bits per heavy atom. The van der Waals surface area contributed by atoms with Crippen LogP contribution < -0.4 is 15.8 Å². The first-order valence-corrected chi connectivity index (χ1v) is 8.61. The van der Waals surface area contributed by atoms with Gasteiger partial charge in [-0.1, -0.05) is 0 Å². The Labute approximate surface area is 123 Å². The zero-order valence-corrected chi connectivity index (χ0v) is 12.5. The van der Waals surface area contributed by atoms with Gasteiger partial charge >= 0.3 is 0 Å². The van der Waals surface area contributed by atoms with Crippen LogP contribution in [0.4, 0.5) is 5.82 Å². The number of nitrogens with zero attached hydrogens (tertiary/aromatic N) is 2. The second kappa shape index (κ2) is 6.63. The Balaban J connectivity index is 1.61. The number of thioether (sulfide) groups is 1. The van der Waals surface area contributed by atoms with Gasteiger partial charge in [0.1, 0.15) is 0 Å². The number of nitrogens with one attached hydrogen (secondary N) is 2. The Hall–Kier alpha value is -1.01. The van der Waals surface area contributed by atoms with Gasteiger partial charge in [-0.25, -0.2) is 4.98 Å². The van der Waals surface area contributed by atoms with Crippen LogP contribution in [0.2, 0.25) is 0 Å². The number of hydrogen-bond acceptors (Lipinski definition) is 5. The predicted molar refractivity (Wildman–Crippen MR) is 83.6 cm³/mol. The Morgan fingerprint density at radius 3 is 3.05 bits per heavy atom. The van der Waals surface area contributed by atoms with Crippen molar-refractivity contribution in [3.05, 3.63) is 22.7 Å². The average molecular weight is 294 g/mol. The van der Waals surface area contributed by atoms with Gasteiger partial charge in [0.05, 0.1) is 0 Å². The predicted octanol–water partition coefficient (Wildman–Crippen LogP) is 1.22. The maximum Gasteiger partial charge on any atom is 0.290 e. The van der Waals surface area contributed by atoms with Gasteiger partial charge < -0.3 is 15.2 Å². The van der Waals surface area contributed by atoms with Gasteiger partial charge in [0.2, 0.25) is 0 Å². The molecule has 0 unspecified atom stereocenters. The second-order valence-corrected chi connectivity index (χ2v) is 6.76.